The number of hydrogen-bond acceptors (Lipinski definition) is 4. The van der Waals surface area contributed by atoms with E-state index in [1.54, 1.807) is 17.4 Å². The van der Waals surface area contributed by atoms with Crippen LogP contribution in [0.4, 0.5) is 5.69 Å². The van der Waals surface area contributed by atoms with Crippen LogP contribution in [-0.4, -0.2) is 26.5 Å². The van der Waals surface area contributed by atoms with Crippen molar-refractivity contribution in [1.82, 2.24) is 9.38 Å². The average molecular weight is 357 g/mol. The number of carboxylic acids is 1. The molecule has 0 spiro atoms. The highest BCUT2D eigenvalue weighted by atomic mass is 16.4. The number of aliphatic carboxylic acids is 1. The smallest absolute Gasteiger partial charge is 0.325 e. The zero-order valence-electron chi connectivity index (χ0n) is 14.4. The number of imidazole rings is 1. The Morgan fingerprint density at radius 3 is 2.63 bits per heavy atom. The summed E-state index contributed by atoms with van der Waals surface area (Å²) < 4.78 is 1.65. The number of carbonyl (C=O) groups is 1. The number of benzene rings is 3. The number of pyridine rings is 1. The van der Waals surface area contributed by atoms with Gasteiger partial charge in [0.15, 0.2) is 0 Å². The second-order valence-corrected chi connectivity index (χ2v) is 6.66. The lowest BCUT2D eigenvalue weighted by atomic mass is 10.0. The van der Waals surface area contributed by atoms with Crippen molar-refractivity contribution in [2.45, 2.75) is 13.0 Å². The van der Waals surface area contributed by atoms with E-state index in [1.807, 2.05) is 48.5 Å². The van der Waals surface area contributed by atoms with Gasteiger partial charge in [-0.15, -0.1) is 0 Å². The molecule has 2 aromatic heterocycles. The van der Waals surface area contributed by atoms with Crippen molar-refractivity contribution in [2.75, 3.05) is 5.32 Å². The number of carboxylic acid groups (broad SMARTS) is 1. The molecule has 5 rings (SSSR count). The summed E-state index contributed by atoms with van der Waals surface area (Å²) in [5, 5.41) is 15.3. The van der Waals surface area contributed by atoms with Crippen LogP contribution in [0.3, 0.4) is 0 Å². The van der Waals surface area contributed by atoms with Gasteiger partial charge in [-0.2, -0.15) is 0 Å². The lowest BCUT2D eigenvalue weighted by molar-refractivity contribution is -0.137. The molecule has 0 saturated heterocycles. The van der Waals surface area contributed by atoms with E-state index in [1.165, 1.54) is 0 Å². The van der Waals surface area contributed by atoms with E-state index < -0.39 is 12.0 Å². The highest BCUT2D eigenvalue weighted by Gasteiger charge is 2.18. The summed E-state index contributed by atoms with van der Waals surface area (Å²) in [5.74, 6) is -0.937. The van der Waals surface area contributed by atoms with Crippen LogP contribution < -0.4 is 10.9 Å². The molecular formula is C21H15N3O3. The Bertz CT molecular complexity index is 1420. The van der Waals surface area contributed by atoms with Crippen molar-refractivity contribution in [3.63, 3.8) is 0 Å². The van der Waals surface area contributed by atoms with Gasteiger partial charge < -0.3 is 10.4 Å². The van der Waals surface area contributed by atoms with E-state index in [0.29, 0.717) is 16.7 Å². The lowest BCUT2D eigenvalue weighted by Crippen LogP contribution is -2.25. The molecule has 0 aliphatic rings. The van der Waals surface area contributed by atoms with Crippen molar-refractivity contribution in [1.29, 1.82) is 0 Å². The van der Waals surface area contributed by atoms with Gasteiger partial charge in [-0.3, -0.25) is 14.0 Å². The third-order valence-corrected chi connectivity index (χ3v) is 5.02. The van der Waals surface area contributed by atoms with Crippen molar-refractivity contribution >= 4 is 49.9 Å². The van der Waals surface area contributed by atoms with E-state index in [2.05, 4.69) is 10.3 Å². The Morgan fingerprint density at radius 2 is 1.81 bits per heavy atom. The molecule has 0 amide bonds. The number of para-hydroxylation sites is 2. The highest BCUT2D eigenvalue weighted by molar-refractivity contribution is 6.18. The fourth-order valence-electron chi connectivity index (χ4n) is 3.72. The monoisotopic (exact) mass is 357 g/mol. The van der Waals surface area contributed by atoms with Gasteiger partial charge in [0.05, 0.1) is 11.0 Å². The Labute approximate surface area is 153 Å². The van der Waals surface area contributed by atoms with Gasteiger partial charge in [0.1, 0.15) is 11.7 Å². The molecular weight excluding hydrogens is 342 g/mol. The molecule has 0 fully saturated rings. The maximum Gasteiger partial charge on any atom is 0.325 e. The molecule has 0 saturated carbocycles. The zero-order valence-corrected chi connectivity index (χ0v) is 14.4. The normalized spacial score (nSPS) is 12.9. The van der Waals surface area contributed by atoms with Gasteiger partial charge in [-0.1, -0.05) is 24.3 Å². The molecule has 0 radical (unpaired) electrons. The minimum absolute atomic E-state index is 0.125. The minimum Gasteiger partial charge on any atom is -0.480 e. The van der Waals surface area contributed by atoms with Crippen molar-refractivity contribution in [2.24, 2.45) is 0 Å². The van der Waals surface area contributed by atoms with Gasteiger partial charge in [0.2, 0.25) is 0 Å². The first-order chi connectivity index (χ1) is 13.1. The standard InChI is InChI=1S/C21H15N3O3/c1-11(21(26)27)22-15-10-9-13-18-12(15)5-4-6-14(18)20(25)24-17-8-3-2-7-16(17)23-19(13)24/h2-11,22H,1H3,(H,26,27). The number of anilines is 1. The molecule has 132 valence electrons. The summed E-state index contributed by atoms with van der Waals surface area (Å²) in [6.07, 6.45) is 0. The Balaban J connectivity index is 1.94. The van der Waals surface area contributed by atoms with Crippen LogP contribution in [0.5, 0.6) is 0 Å². The van der Waals surface area contributed by atoms with Crippen molar-refractivity contribution in [3.8, 4) is 0 Å². The third kappa shape index (κ3) is 2.10. The van der Waals surface area contributed by atoms with Gasteiger partial charge in [0.25, 0.3) is 5.56 Å². The molecule has 0 bridgehead atoms. The molecule has 27 heavy (non-hydrogen) atoms. The Hall–Kier alpha value is -3.67. The fraction of sp³-hybridized carbons (Fsp3) is 0.0952. The van der Waals surface area contributed by atoms with E-state index >= 15 is 0 Å². The van der Waals surface area contributed by atoms with Gasteiger partial charge in [-0.05, 0) is 37.3 Å². The van der Waals surface area contributed by atoms with Crippen LogP contribution in [0, 0.1) is 0 Å². The second-order valence-electron chi connectivity index (χ2n) is 6.66. The van der Waals surface area contributed by atoms with Crippen molar-refractivity contribution in [3.05, 3.63) is 65.0 Å². The molecule has 6 nitrogen and oxygen atoms in total. The molecule has 6 heteroatoms. The van der Waals surface area contributed by atoms with Crippen LogP contribution in [0.15, 0.2) is 59.4 Å². The summed E-state index contributed by atoms with van der Waals surface area (Å²) in [6.45, 7) is 1.59. The molecule has 1 atom stereocenters. The first-order valence-electron chi connectivity index (χ1n) is 8.64. The van der Waals surface area contributed by atoms with E-state index in [4.69, 9.17) is 0 Å². The molecule has 0 aliphatic heterocycles. The highest BCUT2D eigenvalue weighted by Crippen LogP contribution is 2.34. The summed E-state index contributed by atoms with van der Waals surface area (Å²) in [4.78, 5) is 29.1. The quantitative estimate of drug-likeness (QED) is 0.516. The van der Waals surface area contributed by atoms with Crippen LogP contribution in [0.1, 0.15) is 6.92 Å². The Morgan fingerprint density at radius 1 is 1.04 bits per heavy atom. The summed E-state index contributed by atoms with van der Waals surface area (Å²) in [6, 6.07) is 16.1. The Kier molecular flexibility index (Phi) is 3.12. The SMILES string of the molecule is CC(Nc1ccc2c3c1cccc3c(=O)n1c3ccccc3nc21)C(=O)O. The van der Waals surface area contributed by atoms with Gasteiger partial charge >= 0.3 is 5.97 Å². The number of rotatable bonds is 3. The second kappa shape index (κ2) is 5.41. The number of aromatic nitrogens is 2. The fourth-order valence-corrected chi connectivity index (χ4v) is 3.72. The maximum absolute atomic E-state index is 13.2. The van der Waals surface area contributed by atoms with Crippen molar-refractivity contribution < 1.29 is 9.90 Å². The minimum atomic E-state index is -0.937. The maximum atomic E-state index is 13.2. The molecule has 5 aromatic rings. The van der Waals surface area contributed by atoms with E-state index in [9.17, 15) is 14.7 Å². The van der Waals surface area contributed by atoms with Gasteiger partial charge in [0, 0.05) is 27.2 Å². The number of nitrogens with one attached hydrogen (secondary N) is 1. The molecule has 2 heterocycles. The van der Waals surface area contributed by atoms with Crippen LogP contribution in [0.25, 0.3) is 38.2 Å². The van der Waals surface area contributed by atoms with E-state index in [-0.39, 0.29) is 5.56 Å². The van der Waals surface area contributed by atoms with Gasteiger partial charge in [-0.25, -0.2) is 4.98 Å². The zero-order chi connectivity index (χ0) is 18.7. The largest absolute Gasteiger partial charge is 0.480 e. The topological polar surface area (TPSA) is 83.7 Å². The molecule has 0 aliphatic carbocycles. The molecule has 1 unspecified atom stereocenters. The predicted octanol–water partition coefficient (Wildman–Crippen LogP) is 3.48. The number of hydrogen-bond donors (Lipinski definition) is 2. The van der Waals surface area contributed by atoms with E-state index in [0.717, 1.165) is 27.2 Å². The van der Waals surface area contributed by atoms with Crippen LogP contribution in [0.2, 0.25) is 0 Å². The molecule has 3 aromatic carbocycles. The summed E-state index contributed by atoms with van der Waals surface area (Å²) in [7, 11) is 0. The summed E-state index contributed by atoms with van der Waals surface area (Å²) >= 11 is 0. The average Bonchev–Trinajstić information content (AvgIpc) is 3.06. The molecule has 2 N–H and O–H groups in total. The number of nitrogens with zero attached hydrogens (tertiary/aromatic N) is 2. The predicted molar refractivity (Wildman–Crippen MR) is 106 cm³/mol. The van der Waals surface area contributed by atoms with Crippen LogP contribution >= 0.6 is 0 Å². The van der Waals surface area contributed by atoms with Crippen LogP contribution in [-0.2, 0) is 4.79 Å². The third-order valence-electron chi connectivity index (χ3n) is 5.02. The lowest BCUT2D eigenvalue weighted by Gasteiger charge is -2.15. The first-order valence-corrected chi connectivity index (χ1v) is 8.64. The first kappa shape index (κ1) is 15.6. The number of fused-ring (bicyclic) bond motifs is 4. The summed E-state index contributed by atoms with van der Waals surface area (Å²) in [5.41, 5.74) is 2.72.